The molecule has 9 heteroatoms. The molecule has 1 aromatic carbocycles. The minimum absolute atomic E-state index is 0.296. The van der Waals surface area contributed by atoms with E-state index in [0.29, 0.717) is 10.6 Å². The van der Waals surface area contributed by atoms with Crippen LogP contribution in [-0.2, 0) is 0 Å². The molecule has 0 N–H and O–H groups in total. The Balaban J connectivity index is 1.81. The molecule has 0 spiro atoms. The van der Waals surface area contributed by atoms with Gasteiger partial charge in [0.05, 0.1) is 28.5 Å². The first kappa shape index (κ1) is 18.1. The Morgan fingerprint density at radius 1 is 1.14 bits per heavy atom. The van der Waals surface area contributed by atoms with Crippen molar-refractivity contribution in [2.45, 2.75) is 6.92 Å². The van der Waals surface area contributed by atoms with Crippen molar-refractivity contribution in [3.8, 4) is 10.6 Å². The molecule has 140 valence electrons. The van der Waals surface area contributed by atoms with Crippen molar-refractivity contribution in [3.05, 3.63) is 85.5 Å². The van der Waals surface area contributed by atoms with E-state index in [4.69, 9.17) is 9.41 Å². The molecular weight excluding hydrogens is 396 g/mol. The van der Waals surface area contributed by atoms with Gasteiger partial charge in [0.15, 0.2) is 5.76 Å². The van der Waals surface area contributed by atoms with Gasteiger partial charge in [-0.1, -0.05) is 24.3 Å². The third kappa shape index (κ3) is 3.71. The summed E-state index contributed by atoms with van der Waals surface area (Å²) in [6.07, 6.45) is 1.45. The number of hydrogen-bond acceptors (Lipinski definition) is 7. The molecule has 0 saturated carbocycles. The van der Waals surface area contributed by atoms with Crippen LogP contribution in [0.5, 0.6) is 0 Å². The summed E-state index contributed by atoms with van der Waals surface area (Å²) in [6.45, 7) is 2.00. The Labute approximate surface area is 167 Å². The fourth-order valence-electron chi connectivity index (χ4n) is 2.50. The lowest BCUT2D eigenvalue weighted by molar-refractivity contribution is -0.402. The average Bonchev–Trinajstić information content (AvgIpc) is 3.42. The van der Waals surface area contributed by atoms with E-state index >= 15 is 0 Å². The first-order chi connectivity index (χ1) is 13.6. The van der Waals surface area contributed by atoms with Crippen LogP contribution in [0.25, 0.3) is 10.6 Å². The number of benzene rings is 1. The summed E-state index contributed by atoms with van der Waals surface area (Å²) in [5.74, 6) is -0.0237. The highest BCUT2D eigenvalue weighted by atomic mass is 32.1. The molecule has 0 aliphatic heterocycles. The average molecular weight is 410 g/mol. The lowest BCUT2D eigenvalue weighted by atomic mass is 10.2. The van der Waals surface area contributed by atoms with Crippen molar-refractivity contribution in [3.63, 3.8) is 0 Å². The Bertz CT molecular complexity index is 1220. The van der Waals surface area contributed by atoms with Gasteiger partial charge < -0.3 is 4.42 Å². The summed E-state index contributed by atoms with van der Waals surface area (Å²) in [4.78, 5) is 16.7. The van der Waals surface area contributed by atoms with E-state index in [-0.39, 0.29) is 5.88 Å². The molecule has 4 rings (SSSR count). The van der Waals surface area contributed by atoms with Crippen LogP contribution >= 0.6 is 22.7 Å². The first-order valence-corrected chi connectivity index (χ1v) is 10.0. The summed E-state index contributed by atoms with van der Waals surface area (Å²) in [7, 11) is 0. The molecule has 28 heavy (non-hydrogen) atoms. The second-order valence-corrected chi connectivity index (χ2v) is 7.55. The first-order valence-electron chi connectivity index (χ1n) is 8.25. The molecule has 7 nitrogen and oxygen atoms in total. The van der Waals surface area contributed by atoms with Crippen molar-refractivity contribution < 1.29 is 9.34 Å². The molecule has 0 saturated heterocycles. The number of thiazole rings is 1. The van der Waals surface area contributed by atoms with E-state index in [1.54, 1.807) is 16.0 Å². The molecular formula is C19H14N4O3S2. The van der Waals surface area contributed by atoms with Gasteiger partial charge in [-0.25, -0.2) is 9.67 Å². The molecule has 0 atom stereocenters. The highest BCUT2D eigenvalue weighted by Gasteiger charge is 2.12. The summed E-state index contributed by atoms with van der Waals surface area (Å²) < 4.78 is 6.88. The van der Waals surface area contributed by atoms with Crippen molar-refractivity contribution >= 4 is 40.5 Å². The highest BCUT2D eigenvalue weighted by Crippen LogP contribution is 2.26. The smallest absolute Gasteiger partial charge is 0.400 e. The maximum Gasteiger partial charge on any atom is 0.433 e. The number of furan rings is 1. The van der Waals surface area contributed by atoms with Crippen LogP contribution in [-0.4, -0.2) is 15.8 Å². The summed E-state index contributed by atoms with van der Waals surface area (Å²) in [5, 5.41) is 19.3. The van der Waals surface area contributed by atoms with Crippen LogP contribution in [0.3, 0.4) is 0 Å². The zero-order valence-corrected chi connectivity index (χ0v) is 16.3. The van der Waals surface area contributed by atoms with Gasteiger partial charge in [0, 0.05) is 5.38 Å². The third-order valence-electron chi connectivity index (χ3n) is 3.88. The van der Waals surface area contributed by atoms with Gasteiger partial charge in [0.25, 0.3) is 0 Å². The van der Waals surface area contributed by atoms with Crippen LogP contribution in [0.2, 0.25) is 0 Å². The predicted molar refractivity (Wildman–Crippen MR) is 110 cm³/mol. The Morgan fingerprint density at radius 3 is 2.71 bits per heavy atom. The number of aryl methyl sites for hydroxylation is 1. The fraction of sp³-hybridized carbons (Fsp3) is 0.0526. The van der Waals surface area contributed by atoms with Gasteiger partial charge in [-0.3, -0.25) is 10.1 Å². The van der Waals surface area contributed by atoms with Gasteiger partial charge >= 0.3 is 5.88 Å². The molecule has 0 aliphatic rings. The normalized spacial score (nSPS) is 12.1. The third-order valence-corrected chi connectivity index (χ3v) is 5.59. The maximum atomic E-state index is 10.8. The highest BCUT2D eigenvalue weighted by molar-refractivity contribution is 7.14. The summed E-state index contributed by atoms with van der Waals surface area (Å²) in [6, 6.07) is 14.7. The lowest BCUT2D eigenvalue weighted by Gasteiger charge is -2.01. The zero-order chi connectivity index (χ0) is 19.5. The van der Waals surface area contributed by atoms with Crippen molar-refractivity contribution in [1.82, 2.24) is 4.68 Å². The van der Waals surface area contributed by atoms with Gasteiger partial charge in [-0.05, 0) is 36.1 Å². The molecule has 0 radical (unpaired) electrons. The van der Waals surface area contributed by atoms with Crippen LogP contribution < -0.4 is 4.80 Å². The number of hydrogen-bond donors (Lipinski definition) is 0. The van der Waals surface area contributed by atoms with Gasteiger partial charge in [0.2, 0.25) is 4.80 Å². The molecule has 0 aliphatic carbocycles. The van der Waals surface area contributed by atoms with Crippen LogP contribution in [0.15, 0.2) is 73.8 Å². The zero-order valence-electron chi connectivity index (χ0n) is 14.7. The van der Waals surface area contributed by atoms with Crippen LogP contribution in [0.1, 0.15) is 11.3 Å². The minimum atomic E-state index is -0.578. The molecule has 3 aromatic heterocycles. The van der Waals surface area contributed by atoms with Gasteiger partial charge in [-0.15, -0.1) is 22.7 Å². The van der Waals surface area contributed by atoms with Crippen LogP contribution in [0, 0.1) is 17.0 Å². The second-order valence-electron chi connectivity index (χ2n) is 5.77. The Hall–Kier alpha value is -3.30. The molecule has 0 bridgehead atoms. The number of aromatic nitrogens is 1. The van der Waals surface area contributed by atoms with Crippen LogP contribution in [0.4, 0.5) is 11.6 Å². The monoisotopic (exact) mass is 410 g/mol. The predicted octanol–water partition coefficient (Wildman–Crippen LogP) is 5.20. The molecule has 0 fully saturated rings. The Kier molecular flexibility index (Phi) is 5.00. The maximum absolute atomic E-state index is 10.8. The lowest BCUT2D eigenvalue weighted by Crippen LogP contribution is -2.11. The SMILES string of the molecule is Cc1ccccc1N=c1scc(-c2cccs2)n1N=Cc1ccc([N+](=O)[O-])o1. The summed E-state index contributed by atoms with van der Waals surface area (Å²) in [5.41, 5.74) is 2.81. The van der Waals surface area contributed by atoms with Gasteiger partial charge in [0.1, 0.15) is 4.92 Å². The van der Waals surface area contributed by atoms with Crippen molar-refractivity contribution in [1.29, 1.82) is 0 Å². The van der Waals surface area contributed by atoms with E-state index in [1.165, 1.54) is 29.7 Å². The van der Waals surface area contributed by atoms with E-state index in [1.807, 2.05) is 54.1 Å². The van der Waals surface area contributed by atoms with E-state index in [0.717, 1.165) is 21.8 Å². The fourth-order valence-corrected chi connectivity index (χ4v) is 4.14. The number of para-hydroxylation sites is 1. The van der Waals surface area contributed by atoms with Crippen molar-refractivity contribution in [2.24, 2.45) is 10.1 Å². The van der Waals surface area contributed by atoms with E-state index in [9.17, 15) is 10.1 Å². The number of nitro groups is 1. The molecule has 4 aromatic rings. The largest absolute Gasteiger partial charge is 0.433 e. The number of rotatable bonds is 5. The van der Waals surface area contributed by atoms with E-state index < -0.39 is 4.92 Å². The number of thiophene rings is 1. The standard InChI is InChI=1S/C19H14N4O3S2/c1-13-5-2-3-6-15(13)21-19-22(16(12-28-19)17-7-4-10-27-17)20-11-14-8-9-18(26-14)23(24)25/h2-12H,1H3. The molecule has 3 heterocycles. The van der Waals surface area contributed by atoms with Gasteiger partial charge in [-0.2, -0.15) is 5.10 Å². The second kappa shape index (κ2) is 7.75. The molecule has 0 amide bonds. The quantitative estimate of drug-likeness (QED) is 0.257. The van der Waals surface area contributed by atoms with Crippen molar-refractivity contribution in [2.75, 3.05) is 0 Å². The topological polar surface area (TPSA) is 85.9 Å². The van der Waals surface area contributed by atoms with E-state index in [2.05, 4.69) is 5.10 Å². The minimum Gasteiger partial charge on any atom is -0.400 e. The summed E-state index contributed by atoms with van der Waals surface area (Å²) >= 11 is 3.07. The Morgan fingerprint density at radius 2 is 2.00 bits per heavy atom. The molecule has 0 unspecified atom stereocenters. The number of nitrogens with zero attached hydrogens (tertiary/aromatic N) is 4.